The fraction of sp³-hybridized carbons (Fsp3) is 0.0667. The average Bonchev–Trinajstić information content (AvgIpc) is 2.55. The van der Waals surface area contributed by atoms with Gasteiger partial charge in [-0.3, -0.25) is 14.9 Å². The molecule has 0 aromatic heterocycles. The summed E-state index contributed by atoms with van der Waals surface area (Å²) in [7, 11) is 1.23. The van der Waals surface area contributed by atoms with E-state index in [9.17, 15) is 19.7 Å². The molecule has 0 saturated carbocycles. The minimum absolute atomic E-state index is 0.101. The van der Waals surface area contributed by atoms with Crippen molar-refractivity contribution in [3.63, 3.8) is 0 Å². The Bertz CT molecular complexity index is 841. The maximum Gasteiger partial charge on any atom is 0.339 e. The zero-order chi connectivity index (χ0) is 17.9. The lowest BCUT2D eigenvalue weighted by Gasteiger charge is -2.09. The van der Waals surface area contributed by atoms with Crippen LogP contribution in [0.15, 0.2) is 36.4 Å². The minimum atomic E-state index is -0.624. The molecule has 0 saturated heterocycles. The number of anilines is 1. The molecule has 2 aromatic carbocycles. The monoisotopic (exact) mass is 460 g/mol. The highest BCUT2D eigenvalue weighted by atomic mass is 127. The lowest BCUT2D eigenvalue weighted by atomic mass is 10.1. The Kier molecular flexibility index (Phi) is 5.73. The summed E-state index contributed by atoms with van der Waals surface area (Å²) in [4.78, 5) is 34.1. The van der Waals surface area contributed by atoms with Gasteiger partial charge in [-0.1, -0.05) is 11.6 Å². The predicted octanol–water partition coefficient (Wildman–Crippen LogP) is 3.89. The van der Waals surface area contributed by atoms with Gasteiger partial charge in [-0.05, 0) is 46.9 Å². The van der Waals surface area contributed by atoms with E-state index in [0.717, 1.165) is 0 Å². The highest BCUT2D eigenvalue weighted by molar-refractivity contribution is 14.1. The van der Waals surface area contributed by atoms with Gasteiger partial charge in [0.15, 0.2) is 0 Å². The molecular formula is C15H10ClIN2O5. The number of rotatable bonds is 4. The van der Waals surface area contributed by atoms with Crippen LogP contribution in [0.1, 0.15) is 20.7 Å². The summed E-state index contributed by atoms with van der Waals surface area (Å²) in [5.41, 5.74) is 0.639. The second-order valence-electron chi connectivity index (χ2n) is 4.56. The first kappa shape index (κ1) is 18.1. The molecular weight excluding hydrogens is 451 g/mol. The predicted molar refractivity (Wildman–Crippen MR) is 96.6 cm³/mol. The smallest absolute Gasteiger partial charge is 0.339 e. The number of nitro groups is 1. The number of hydrogen-bond acceptors (Lipinski definition) is 5. The second kappa shape index (κ2) is 7.58. The lowest BCUT2D eigenvalue weighted by Crippen LogP contribution is -2.14. The molecule has 7 nitrogen and oxygen atoms in total. The number of ether oxygens (including phenoxy) is 1. The van der Waals surface area contributed by atoms with Gasteiger partial charge in [-0.25, -0.2) is 4.79 Å². The van der Waals surface area contributed by atoms with Crippen molar-refractivity contribution in [2.24, 2.45) is 0 Å². The van der Waals surface area contributed by atoms with E-state index in [4.69, 9.17) is 11.6 Å². The van der Waals surface area contributed by atoms with Crippen molar-refractivity contribution >= 4 is 57.4 Å². The third kappa shape index (κ3) is 4.01. The van der Waals surface area contributed by atoms with Crippen LogP contribution in [0.5, 0.6) is 0 Å². The molecule has 0 heterocycles. The zero-order valence-electron chi connectivity index (χ0n) is 12.2. The number of nitro benzene ring substituents is 1. The average molecular weight is 461 g/mol. The number of non-ortho nitro benzene ring substituents is 1. The number of halogens is 2. The number of amides is 1. The molecule has 0 unspecified atom stereocenters. The number of carbonyl (C=O) groups is 2. The second-order valence-corrected chi connectivity index (χ2v) is 6.13. The maximum atomic E-state index is 12.3. The summed E-state index contributed by atoms with van der Waals surface area (Å²) >= 11 is 7.76. The molecule has 1 amide bonds. The van der Waals surface area contributed by atoms with E-state index in [1.165, 1.54) is 43.5 Å². The highest BCUT2D eigenvalue weighted by Gasteiger charge is 2.16. The van der Waals surface area contributed by atoms with Crippen LogP contribution < -0.4 is 5.32 Å². The summed E-state index contributed by atoms with van der Waals surface area (Å²) < 4.78 is 5.05. The minimum Gasteiger partial charge on any atom is -0.465 e. The molecule has 0 aliphatic rings. The molecule has 9 heteroatoms. The van der Waals surface area contributed by atoms with Crippen molar-refractivity contribution in [3.05, 3.63) is 66.2 Å². The topological polar surface area (TPSA) is 98.5 Å². The number of benzene rings is 2. The Hall–Kier alpha value is -2.20. The summed E-state index contributed by atoms with van der Waals surface area (Å²) in [6.45, 7) is 0. The Balaban J connectivity index is 2.27. The van der Waals surface area contributed by atoms with Crippen LogP contribution in [0.4, 0.5) is 11.4 Å². The molecule has 24 heavy (non-hydrogen) atoms. The van der Waals surface area contributed by atoms with Crippen molar-refractivity contribution in [3.8, 4) is 0 Å². The van der Waals surface area contributed by atoms with Crippen LogP contribution in [0, 0.1) is 13.7 Å². The molecule has 1 N–H and O–H groups in total. The van der Waals surface area contributed by atoms with E-state index in [1.54, 1.807) is 0 Å². The van der Waals surface area contributed by atoms with Gasteiger partial charge in [0.25, 0.3) is 11.6 Å². The quantitative estimate of drug-likeness (QED) is 0.323. The molecule has 124 valence electrons. The number of methoxy groups -OCH3 is 1. The summed E-state index contributed by atoms with van der Waals surface area (Å²) in [5.74, 6) is -1.09. The van der Waals surface area contributed by atoms with Gasteiger partial charge in [-0.2, -0.15) is 0 Å². The van der Waals surface area contributed by atoms with Gasteiger partial charge in [0.2, 0.25) is 0 Å². The van der Waals surface area contributed by atoms with Gasteiger partial charge < -0.3 is 10.1 Å². The maximum absolute atomic E-state index is 12.3. The highest BCUT2D eigenvalue weighted by Crippen LogP contribution is 2.24. The fourth-order valence-electron chi connectivity index (χ4n) is 1.87. The molecule has 2 aromatic rings. The third-order valence-corrected chi connectivity index (χ3v) is 4.26. The standard InChI is InChI=1S/C15H10ClIN2O5/c1-24-15(21)11-6-8(2-5-12(11)16)18-14(20)10-4-3-9(19(22)23)7-13(10)17/h2-7H,1H3,(H,18,20). The summed E-state index contributed by atoms with van der Waals surface area (Å²) in [6, 6.07) is 8.31. The molecule has 0 aliphatic carbocycles. The van der Waals surface area contributed by atoms with E-state index in [0.29, 0.717) is 9.26 Å². The molecule has 0 fully saturated rings. The fourth-order valence-corrected chi connectivity index (χ4v) is 2.81. The van der Waals surface area contributed by atoms with Crippen LogP contribution in [0.3, 0.4) is 0 Å². The van der Waals surface area contributed by atoms with E-state index < -0.39 is 16.8 Å². The molecule has 0 aliphatic heterocycles. The van der Waals surface area contributed by atoms with Crippen molar-refractivity contribution in [1.29, 1.82) is 0 Å². The number of esters is 1. The molecule has 0 spiro atoms. The molecule has 0 atom stereocenters. The zero-order valence-corrected chi connectivity index (χ0v) is 15.1. The first-order valence-corrected chi connectivity index (χ1v) is 7.92. The van der Waals surface area contributed by atoms with Crippen LogP contribution in [0.25, 0.3) is 0 Å². The summed E-state index contributed by atoms with van der Waals surface area (Å²) in [6.07, 6.45) is 0. The van der Waals surface area contributed by atoms with Crippen molar-refractivity contribution in [1.82, 2.24) is 0 Å². The first-order valence-electron chi connectivity index (χ1n) is 6.46. The molecule has 0 bridgehead atoms. The van der Waals surface area contributed by atoms with Gasteiger partial charge in [0.05, 0.1) is 28.2 Å². The Morgan fingerprint density at radius 1 is 1.21 bits per heavy atom. The number of nitrogens with zero attached hydrogens (tertiary/aromatic N) is 1. The Morgan fingerprint density at radius 3 is 2.50 bits per heavy atom. The van der Waals surface area contributed by atoms with E-state index in [-0.39, 0.29) is 21.8 Å². The largest absolute Gasteiger partial charge is 0.465 e. The van der Waals surface area contributed by atoms with E-state index in [2.05, 4.69) is 10.1 Å². The SMILES string of the molecule is COC(=O)c1cc(NC(=O)c2ccc([N+](=O)[O-])cc2I)ccc1Cl. The van der Waals surface area contributed by atoms with Crippen molar-refractivity contribution in [2.45, 2.75) is 0 Å². The van der Waals surface area contributed by atoms with E-state index >= 15 is 0 Å². The lowest BCUT2D eigenvalue weighted by molar-refractivity contribution is -0.384. The van der Waals surface area contributed by atoms with Crippen molar-refractivity contribution < 1.29 is 19.2 Å². The van der Waals surface area contributed by atoms with Gasteiger partial charge in [0.1, 0.15) is 0 Å². The van der Waals surface area contributed by atoms with E-state index in [1.807, 2.05) is 22.6 Å². The number of carbonyl (C=O) groups excluding carboxylic acids is 2. The van der Waals surface area contributed by atoms with Crippen LogP contribution in [-0.2, 0) is 4.74 Å². The molecule has 2 rings (SSSR count). The number of hydrogen-bond donors (Lipinski definition) is 1. The van der Waals surface area contributed by atoms with Crippen LogP contribution in [0.2, 0.25) is 5.02 Å². The first-order chi connectivity index (χ1) is 11.3. The normalized spacial score (nSPS) is 10.1. The van der Waals surface area contributed by atoms with Gasteiger partial charge in [-0.15, -0.1) is 0 Å². The van der Waals surface area contributed by atoms with Crippen LogP contribution in [-0.4, -0.2) is 23.9 Å². The third-order valence-electron chi connectivity index (χ3n) is 3.04. The Labute approximate surface area is 155 Å². The van der Waals surface area contributed by atoms with Crippen molar-refractivity contribution in [2.75, 3.05) is 12.4 Å². The Morgan fingerprint density at radius 2 is 1.92 bits per heavy atom. The van der Waals surface area contributed by atoms with Gasteiger partial charge >= 0.3 is 5.97 Å². The van der Waals surface area contributed by atoms with Gasteiger partial charge in [0, 0.05) is 21.4 Å². The molecule has 0 radical (unpaired) electrons. The number of nitrogens with one attached hydrogen (secondary N) is 1. The summed E-state index contributed by atoms with van der Waals surface area (Å²) in [5, 5.41) is 13.5. The van der Waals surface area contributed by atoms with Crippen LogP contribution >= 0.6 is 34.2 Å².